The molecule has 0 heterocycles. The van der Waals surface area contributed by atoms with E-state index < -0.39 is 6.09 Å². The Morgan fingerprint density at radius 2 is 2.33 bits per heavy atom. The lowest BCUT2D eigenvalue weighted by molar-refractivity contribution is 0.115. The normalized spacial score (nSPS) is 9.17. The Labute approximate surface area is 72.5 Å². The summed E-state index contributed by atoms with van der Waals surface area (Å²) in [4.78, 5) is 10.8. The highest BCUT2D eigenvalue weighted by molar-refractivity contribution is 5.67. The van der Waals surface area contributed by atoms with E-state index >= 15 is 0 Å². The molecule has 1 N–H and O–H groups in total. The predicted molar refractivity (Wildman–Crippen MR) is 44.5 cm³/mol. The molecule has 68 valence electrons. The first-order valence-electron chi connectivity index (χ1n) is 3.98. The van der Waals surface area contributed by atoms with E-state index in [-0.39, 0.29) is 6.10 Å². The van der Waals surface area contributed by atoms with Crippen LogP contribution in [0.2, 0.25) is 0 Å². The fourth-order valence-corrected chi connectivity index (χ4v) is 0.614. The van der Waals surface area contributed by atoms with Gasteiger partial charge < -0.3 is 10.1 Å². The average molecular weight is 170 g/mol. The Morgan fingerprint density at radius 3 is 2.83 bits per heavy atom. The van der Waals surface area contributed by atoms with Crippen LogP contribution in [0.3, 0.4) is 0 Å². The lowest BCUT2D eigenvalue weighted by atomic mass is 10.3. The van der Waals surface area contributed by atoms with E-state index in [9.17, 15) is 4.79 Å². The molecule has 0 fully saturated rings. The van der Waals surface area contributed by atoms with Crippen molar-refractivity contribution in [2.24, 2.45) is 0 Å². The second kappa shape index (κ2) is 6.47. The third kappa shape index (κ3) is 6.87. The minimum absolute atomic E-state index is 0.0963. The van der Waals surface area contributed by atoms with Crippen LogP contribution in [-0.4, -0.2) is 18.7 Å². The molecule has 4 heteroatoms. The molecule has 1 amide bonds. The number of nitrogens with zero attached hydrogens (tertiary/aromatic N) is 1. The van der Waals surface area contributed by atoms with Crippen molar-refractivity contribution in [2.75, 3.05) is 6.54 Å². The first-order chi connectivity index (χ1) is 5.66. The van der Waals surface area contributed by atoms with Crippen LogP contribution >= 0.6 is 0 Å². The zero-order valence-corrected chi connectivity index (χ0v) is 7.46. The van der Waals surface area contributed by atoms with Crippen molar-refractivity contribution in [3.05, 3.63) is 0 Å². The third-order valence-corrected chi connectivity index (χ3v) is 1.08. The van der Waals surface area contributed by atoms with Crippen molar-refractivity contribution in [2.45, 2.75) is 32.8 Å². The van der Waals surface area contributed by atoms with Gasteiger partial charge >= 0.3 is 6.09 Å². The zero-order valence-electron chi connectivity index (χ0n) is 7.46. The molecule has 0 rings (SSSR count). The standard InChI is InChI=1S/C8H14N2O2/c1-7(2)12-8(11)10-6-4-3-5-9/h7H,3-4,6H2,1-2H3,(H,10,11). The molecule has 0 aromatic carbocycles. The summed E-state index contributed by atoms with van der Waals surface area (Å²) in [6.45, 7) is 4.07. The fraction of sp³-hybridized carbons (Fsp3) is 0.750. The van der Waals surface area contributed by atoms with Crippen LogP contribution in [0.1, 0.15) is 26.7 Å². The van der Waals surface area contributed by atoms with Crippen LogP contribution in [0, 0.1) is 11.3 Å². The van der Waals surface area contributed by atoms with Crippen LogP contribution in [0.5, 0.6) is 0 Å². The number of carbonyl (C=O) groups excluding carboxylic acids is 1. The highest BCUT2D eigenvalue weighted by Crippen LogP contribution is 1.89. The molecule has 0 radical (unpaired) electrons. The Balaban J connectivity index is 3.27. The molecule has 0 aliphatic rings. The molecule has 12 heavy (non-hydrogen) atoms. The molecule has 4 nitrogen and oxygen atoms in total. The number of hydrogen-bond donors (Lipinski definition) is 1. The Hall–Kier alpha value is -1.24. The topological polar surface area (TPSA) is 62.1 Å². The average Bonchev–Trinajstić information content (AvgIpc) is 1.97. The van der Waals surface area contributed by atoms with Crippen LogP contribution in [0.25, 0.3) is 0 Å². The van der Waals surface area contributed by atoms with Crippen molar-refractivity contribution < 1.29 is 9.53 Å². The Morgan fingerprint density at radius 1 is 1.67 bits per heavy atom. The maximum absolute atomic E-state index is 10.8. The van der Waals surface area contributed by atoms with Gasteiger partial charge in [-0.3, -0.25) is 0 Å². The molecule has 0 saturated heterocycles. The van der Waals surface area contributed by atoms with Crippen molar-refractivity contribution >= 4 is 6.09 Å². The second-order valence-corrected chi connectivity index (χ2v) is 2.64. The van der Waals surface area contributed by atoms with Crippen molar-refractivity contribution in [1.29, 1.82) is 5.26 Å². The number of hydrogen-bond acceptors (Lipinski definition) is 3. The van der Waals surface area contributed by atoms with E-state index in [0.717, 1.165) is 0 Å². The summed E-state index contributed by atoms with van der Waals surface area (Å²) in [7, 11) is 0. The molecule has 0 unspecified atom stereocenters. The van der Waals surface area contributed by atoms with E-state index in [1.807, 2.05) is 6.07 Å². The van der Waals surface area contributed by atoms with Gasteiger partial charge in [0.25, 0.3) is 0 Å². The minimum atomic E-state index is -0.414. The van der Waals surface area contributed by atoms with Gasteiger partial charge in [0, 0.05) is 13.0 Å². The van der Waals surface area contributed by atoms with Crippen molar-refractivity contribution in [1.82, 2.24) is 5.32 Å². The molecule has 0 bridgehead atoms. The molecule has 0 atom stereocenters. The number of alkyl carbamates (subject to hydrolysis) is 1. The van der Waals surface area contributed by atoms with E-state index in [4.69, 9.17) is 10.00 Å². The zero-order chi connectivity index (χ0) is 9.40. The van der Waals surface area contributed by atoms with Gasteiger partial charge in [-0.15, -0.1) is 0 Å². The van der Waals surface area contributed by atoms with Gasteiger partial charge in [-0.1, -0.05) is 0 Å². The number of amides is 1. The predicted octanol–water partition coefficient (Wildman–Crippen LogP) is 1.42. The largest absolute Gasteiger partial charge is 0.447 e. The summed E-state index contributed by atoms with van der Waals surface area (Å²) >= 11 is 0. The van der Waals surface area contributed by atoms with Gasteiger partial charge in [-0.05, 0) is 20.3 Å². The lowest BCUT2D eigenvalue weighted by Crippen LogP contribution is -2.27. The first-order valence-corrected chi connectivity index (χ1v) is 3.98. The highest BCUT2D eigenvalue weighted by Gasteiger charge is 2.02. The fourth-order valence-electron chi connectivity index (χ4n) is 0.614. The molecular formula is C8H14N2O2. The van der Waals surface area contributed by atoms with Gasteiger partial charge in [0.15, 0.2) is 0 Å². The minimum Gasteiger partial charge on any atom is -0.447 e. The van der Waals surface area contributed by atoms with Crippen molar-refractivity contribution in [3.8, 4) is 6.07 Å². The molecule has 0 saturated carbocycles. The van der Waals surface area contributed by atoms with Gasteiger partial charge in [0.05, 0.1) is 12.2 Å². The van der Waals surface area contributed by atoms with Crippen LogP contribution in [0.15, 0.2) is 0 Å². The number of carbonyl (C=O) groups is 1. The highest BCUT2D eigenvalue weighted by atomic mass is 16.6. The maximum Gasteiger partial charge on any atom is 0.407 e. The quantitative estimate of drug-likeness (QED) is 0.649. The number of nitriles is 1. The van der Waals surface area contributed by atoms with Crippen molar-refractivity contribution in [3.63, 3.8) is 0 Å². The van der Waals surface area contributed by atoms with Gasteiger partial charge in [-0.25, -0.2) is 4.79 Å². The van der Waals surface area contributed by atoms with E-state index in [1.165, 1.54) is 0 Å². The van der Waals surface area contributed by atoms with E-state index in [0.29, 0.717) is 19.4 Å². The van der Waals surface area contributed by atoms with Gasteiger partial charge in [-0.2, -0.15) is 5.26 Å². The number of nitrogens with one attached hydrogen (secondary N) is 1. The molecule has 0 aromatic rings. The summed E-state index contributed by atoms with van der Waals surface area (Å²) < 4.78 is 4.80. The van der Waals surface area contributed by atoms with Crippen LogP contribution < -0.4 is 5.32 Å². The summed E-state index contributed by atoms with van der Waals surface area (Å²) in [5.41, 5.74) is 0. The third-order valence-electron chi connectivity index (χ3n) is 1.08. The SMILES string of the molecule is CC(C)OC(=O)NCCCC#N. The second-order valence-electron chi connectivity index (χ2n) is 2.64. The summed E-state index contributed by atoms with van der Waals surface area (Å²) in [5, 5.41) is 10.7. The summed E-state index contributed by atoms with van der Waals surface area (Å²) in [5.74, 6) is 0. The monoisotopic (exact) mass is 170 g/mol. The first kappa shape index (κ1) is 10.8. The van der Waals surface area contributed by atoms with Gasteiger partial charge in [0.2, 0.25) is 0 Å². The summed E-state index contributed by atoms with van der Waals surface area (Å²) in [6.07, 6.45) is 0.620. The number of ether oxygens (including phenoxy) is 1. The van der Waals surface area contributed by atoms with Crippen LogP contribution in [-0.2, 0) is 4.74 Å². The van der Waals surface area contributed by atoms with Gasteiger partial charge in [0.1, 0.15) is 0 Å². The molecule has 0 spiro atoms. The van der Waals surface area contributed by atoms with E-state index in [2.05, 4.69) is 5.32 Å². The van der Waals surface area contributed by atoms with E-state index in [1.54, 1.807) is 13.8 Å². The smallest absolute Gasteiger partial charge is 0.407 e. The maximum atomic E-state index is 10.8. The molecule has 0 aliphatic heterocycles. The Bertz CT molecular complexity index is 172. The molecule has 0 aromatic heterocycles. The number of rotatable bonds is 4. The molecular weight excluding hydrogens is 156 g/mol. The Kier molecular flexibility index (Phi) is 5.80. The van der Waals surface area contributed by atoms with Crippen LogP contribution in [0.4, 0.5) is 4.79 Å². The summed E-state index contributed by atoms with van der Waals surface area (Å²) in [6, 6.07) is 1.99. The lowest BCUT2D eigenvalue weighted by Gasteiger charge is -2.08. The number of unbranched alkanes of at least 4 members (excludes halogenated alkanes) is 1. The molecule has 0 aliphatic carbocycles.